The second kappa shape index (κ2) is 3.21. The van der Waals surface area contributed by atoms with Crippen molar-refractivity contribution >= 4 is 0 Å². The predicted molar refractivity (Wildman–Crippen MR) is 60.4 cm³/mol. The van der Waals surface area contributed by atoms with Crippen LogP contribution in [0.4, 0.5) is 0 Å². The van der Waals surface area contributed by atoms with Crippen LogP contribution in [0.1, 0.15) is 39.0 Å². The fraction of sp³-hybridized carbons (Fsp3) is 1.00. The third-order valence-electron chi connectivity index (χ3n) is 5.68. The van der Waals surface area contributed by atoms with E-state index in [1.165, 1.54) is 32.1 Å². The fourth-order valence-electron chi connectivity index (χ4n) is 4.92. The van der Waals surface area contributed by atoms with Crippen LogP contribution in [-0.4, -0.2) is 19.3 Å². The Morgan fingerprint density at radius 3 is 2.60 bits per heavy atom. The third-order valence-corrected chi connectivity index (χ3v) is 5.68. The van der Waals surface area contributed by atoms with Crippen molar-refractivity contribution in [3.8, 4) is 0 Å². The zero-order valence-corrected chi connectivity index (χ0v) is 9.91. The van der Waals surface area contributed by atoms with E-state index in [0.717, 1.165) is 11.8 Å². The van der Waals surface area contributed by atoms with Gasteiger partial charge in [-0.25, -0.2) is 0 Å². The molecule has 86 valence electrons. The molecule has 3 saturated carbocycles. The molecule has 2 bridgehead atoms. The van der Waals surface area contributed by atoms with Gasteiger partial charge in [0.15, 0.2) is 0 Å². The summed E-state index contributed by atoms with van der Waals surface area (Å²) in [4.78, 5) is 0. The molecule has 1 spiro atoms. The van der Waals surface area contributed by atoms with Crippen molar-refractivity contribution in [2.45, 2.75) is 51.2 Å². The van der Waals surface area contributed by atoms with Crippen LogP contribution in [0.15, 0.2) is 0 Å². The smallest absolute Gasteiger partial charge is 0.0603 e. The van der Waals surface area contributed by atoms with E-state index >= 15 is 0 Å². The van der Waals surface area contributed by atoms with Gasteiger partial charge in [-0.15, -0.1) is 0 Å². The Morgan fingerprint density at radius 1 is 1.27 bits per heavy atom. The summed E-state index contributed by atoms with van der Waals surface area (Å²) < 4.78 is 5.61. The molecule has 2 N–H and O–H groups in total. The summed E-state index contributed by atoms with van der Waals surface area (Å²) in [7, 11) is 1.86. The van der Waals surface area contributed by atoms with E-state index in [1.54, 1.807) is 0 Å². The molecule has 3 fully saturated rings. The Morgan fingerprint density at radius 2 is 2.07 bits per heavy atom. The van der Waals surface area contributed by atoms with Gasteiger partial charge in [0.2, 0.25) is 0 Å². The van der Waals surface area contributed by atoms with E-state index in [0.29, 0.717) is 23.5 Å². The number of methoxy groups -OCH3 is 1. The summed E-state index contributed by atoms with van der Waals surface area (Å²) in [6.45, 7) is 2.33. The van der Waals surface area contributed by atoms with Crippen LogP contribution in [0, 0.1) is 23.2 Å². The fourth-order valence-corrected chi connectivity index (χ4v) is 4.92. The molecule has 2 heteroatoms. The lowest BCUT2D eigenvalue weighted by atomic mass is 9.68. The second-order valence-electron chi connectivity index (χ2n) is 6.19. The minimum absolute atomic E-state index is 0.461. The number of nitrogens with two attached hydrogens (primary N) is 1. The second-order valence-corrected chi connectivity index (χ2v) is 6.19. The Labute approximate surface area is 92.6 Å². The molecular weight excluding hydrogens is 186 g/mol. The summed E-state index contributed by atoms with van der Waals surface area (Å²) in [5, 5.41) is 0. The lowest BCUT2D eigenvalue weighted by Crippen LogP contribution is -2.45. The summed E-state index contributed by atoms with van der Waals surface area (Å²) in [5.74, 6) is 2.46. The molecule has 3 aliphatic carbocycles. The molecular formula is C13H23NO. The Balaban J connectivity index is 1.86. The first-order valence-corrected chi connectivity index (χ1v) is 6.46. The summed E-state index contributed by atoms with van der Waals surface area (Å²) in [5.41, 5.74) is 6.95. The molecule has 0 heterocycles. The van der Waals surface area contributed by atoms with Gasteiger partial charge in [-0.3, -0.25) is 0 Å². The quantitative estimate of drug-likeness (QED) is 0.718. The van der Waals surface area contributed by atoms with E-state index in [2.05, 4.69) is 6.92 Å². The van der Waals surface area contributed by atoms with Crippen LogP contribution in [0.2, 0.25) is 0 Å². The van der Waals surface area contributed by atoms with Crippen molar-refractivity contribution in [1.29, 1.82) is 0 Å². The monoisotopic (exact) mass is 209 g/mol. The maximum atomic E-state index is 6.48. The molecule has 0 aromatic heterocycles. The van der Waals surface area contributed by atoms with Gasteiger partial charge in [-0.1, -0.05) is 6.92 Å². The first-order chi connectivity index (χ1) is 7.17. The van der Waals surface area contributed by atoms with E-state index in [4.69, 9.17) is 10.5 Å². The van der Waals surface area contributed by atoms with Crippen molar-refractivity contribution in [2.24, 2.45) is 28.9 Å². The van der Waals surface area contributed by atoms with Crippen molar-refractivity contribution < 1.29 is 4.74 Å². The van der Waals surface area contributed by atoms with E-state index in [1.807, 2.05) is 7.11 Å². The van der Waals surface area contributed by atoms with Gasteiger partial charge >= 0.3 is 0 Å². The first-order valence-electron chi connectivity index (χ1n) is 6.46. The van der Waals surface area contributed by atoms with Crippen LogP contribution < -0.4 is 5.73 Å². The number of hydrogen-bond donors (Lipinski definition) is 1. The first kappa shape index (κ1) is 10.1. The zero-order valence-electron chi connectivity index (χ0n) is 9.91. The van der Waals surface area contributed by atoms with E-state index < -0.39 is 0 Å². The van der Waals surface area contributed by atoms with Gasteiger partial charge in [-0.05, 0) is 55.3 Å². The lowest BCUT2D eigenvalue weighted by molar-refractivity contribution is 0.0593. The van der Waals surface area contributed by atoms with Gasteiger partial charge in [0.05, 0.1) is 6.10 Å². The number of ether oxygens (including phenoxy) is 1. The molecule has 15 heavy (non-hydrogen) atoms. The Kier molecular flexibility index (Phi) is 2.16. The highest BCUT2D eigenvalue weighted by atomic mass is 16.5. The normalized spacial score (nSPS) is 58.2. The predicted octanol–water partition coefficient (Wildman–Crippen LogP) is 2.17. The molecule has 0 aromatic rings. The van der Waals surface area contributed by atoms with Gasteiger partial charge in [0.25, 0.3) is 0 Å². The standard InChI is InChI=1S/C13H23NO/c1-8-6-13(7-11(8)15-2)10-4-3-9(5-10)12(13)14/h8-12H,3-7,14H2,1-2H3/t8-,9+,10-,11-,12-,13+/m0/s1. The Bertz CT molecular complexity index is 263. The minimum Gasteiger partial charge on any atom is -0.381 e. The lowest BCUT2D eigenvalue weighted by Gasteiger charge is -2.39. The van der Waals surface area contributed by atoms with Crippen molar-refractivity contribution in [3.05, 3.63) is 0 Å². The molecule has 0 aromatic carbocycles. The maximum absolute atomic E-state index is 6.48. The van der Waals surface area contributed by atoms with Crippen molar-refractivity contribution in [3.63, 3.8) is 0 Å². The van der Waals surface area contributed by atoms with Crippen LogP contribution in [-0.2, 0) is 4.74 Å². The summed E-state index contributed by atoms with van der Waals surface area (Å²) >= 11 is 0. The zero-order chi connectivity index (χ0) is 10.6. The molecule has 0 radical (unpaired) electrons. The molecule has 6 atom stereocenters. The SMILES string of the molecule is CO[C@H]1C[C@]2(C[C@@H]1C)[C@H]1CC[C@H](C1)[C@@H]2N. The van der Waals surface area contributed by atoms with Crippen LogP contribution in [0.5, 0.6) is 0 Å². The third kappa shape index (κ3) is 1.18. The van der Waals surface area contributed by atoms with Gasteiger partial charge in [0, 0.05) is 13.2 Å². The molecule has 3 rings (SSSR count). The summed E-state index contributed by atoms with van der Waals surface area (Å²) in [6, 6.07) is 0.471. The highest BCUT2D eigenvalue weighted by molar-refractivity contribution is 5.12. The Hall–Kier alpha value is -0.0800. The topological polar surface area (TPSA) is 35.2 Å². The largest absolute Gasteiger partial charge is 0.381 e. The van der Waals surface area contributed by atoms with Crippen LogP contribution in [0.3, 0.4) is 0 Å². The summed E-state index contributed by atoms with van der Waals surface area (Å²) in [6.07, 6.45) is 7.24. The molecule has 0 amide bonds. The van der Waals surface area contributed by atoms with E-state index in [9.17, 15) is 0 Å². The number of hydrogen-bond acceptors (Lipinski definition) is 2. The maximum Gasteiger partial charge on any atom is 0.0603 e. The van der Waals surface area contributed by atoms with Gasteiger partial charge in [-0.2, -0.15) is 0 Å². The van der Waals surface area contributed by atoms with Crippen LogP contribution in [0.25, 0.3) is 0 Å². The molecule has 0 unspecified atom stereocenters. The van der Waals surface area contributed by atoms with Crippen molar-refractivity contribution in [1.82, 2.24) is 0 Å². The average Bonchev–Trinajstić information content (AvgIpc) is 2.85. The average molecular weight is 209 g/mol. The molecule has 2 nitrogen and oxygen atoms in total. The highest BCUT2D eigenvalue weighted by Gasteiger charge is 2.60. The van der Waals surface area contributed by atoms with Crippen LogP contribution >= 0.6 is 0 Å². The number of fused-ring (bicyclic) bond motifs is 3. The van der Waals surface area contributed by atoms with Gasteiger partial charge < -0.3 is 10.5 Å². The molecule has 3 aliphatic rings. The number of rotatable bonds is 1. The highest BCUT2D eigenvalue weighted by Crippen LogP contribution is 2.63. The molecule has 0 saturated heterocycles. The van der Waals surface area contributed by atoms with Crippen molar-refractivity contribution in [2.75, 3.05) is 7.11 Å². The molecule has 0 aliphatic heterocycles. The van der Waals surface area contributed by atoms with E-state index in [-0.39, 0.29) is 0 Å². The van der Waals surface area contributed by atoms with Gasteiger partial charge in [0.1, 0.15) is 0 Å². The minimum atomic E-state index is 0.461.